The van der Waals surface area contributed by atoms with Crippen LogP contribution in [0.4, 0.5) is 5.69 Å². The molecule has 5 heteroatoms. The summed E-state index contributed by atoms with van der Waals surface area (Å²) in [4.78, 5) is 24.7. The van der Waals surface area contributed by atoms with Gasteiger partial charge in [0, 0.05) is 29.8 Å². The van der Waals surface area contributed by atoms with Crippen molar-refractivity contribution in [1.29, 1.82) is 0 Å². The number of nitrogens with zero attached hydrogens (tertiary/aromatic N) is 2. The molecule has 108 valence electrons. The van der Waals surface area contributed by atoms with E-state index >= 15 is 0 Å². The van der Waals surface area contributed by atoms with Crippen molar-refractivity contribution in [3.8, 4) is 0 Å². The predicted octanol–water partition coefficient (Wildman–Crippen LogP) is 3.04. The molecule has 1 aromatic carbocycles. The van der Waals surface area contributed by atoms with Gasteiger partial charge in [-0.1, -0.05) is 6.92 Å². The van der Waals surface area contributed by atoms with Crippen LogP contribution in [0.25, 0.3) is 0 Å². The lowest BCUT2D eigenvalue weighted by Gasteiger charge is -2.26. The van der Waals surface area contributed by atoms with E-state index in [9.17, 15) is 14.9 Å². The van der Waals surface area contributed by atoms with Gasteiger partial charge in [0.15, 0.2) is 5.78 Å². The first-order valence-corrected chi connectivity index (χ1v) is 7.06. The highest BCUT2D eigenvalue weighted by Crippen LogP contribution is 2.26. The largest absolute Gasteiger partial charge is 0.293 e. The van der Waals surface area contributed by atoms with E-state index in [-0.39, 0.29) is 11.5 Å². The molecule has 2 unspecified atom stereocenters. The quantitative estimate of drug-likeness (QED) is 0.471. The van der Waals surface area contributed by atoms with Crippen LogP contribution < -0.4 is 0 Å². The molecule has 1 saturated heterocycles. The number of carbonyl (C=O) groups excluding carboxylic acids is 1. The summed E-state index contributed by atoms with van der Waals surface area (Å²) in [7, 11) is 0. The molecule has 1 aliphatic heterocycles. The van der Waals surface area contributed by atoms with E-state index in [1.807, 2.05) is 0 Å². The molecular weight excluding hydrogens is 256 g/mol. The summed E-state index contributed by atoms with van der Waals surface area (Å²) in [6, 6.07) is 6.77. The molecule has 20 heavy (non-hydrogen) atoms. The van der Waals surface area contributed by atoms with Gasteiger partial charge in [-0.3, -0.25) is 19.8 Å². The van der Waals surface area contributed by atoms with E-state index < -0.39 is 4.92 Å². The van der Waals surface area contributed by atoms with Crippen LogP contribution in [-0.4, -0.2) is 34.2 Å². The fraction of sp³-hybridized carbons (Fsp3) is 0.533. The highest BCUT2D eigenvalue weighted by molar-refractivity contribution is 5.97. The van der Waals surface area contributed by atoms with Crippen molar-refractivity contribution in [3.63, 3.8) is 0 Å². The van der Waals surface area contributed by atoms with Crippen LogP contribution in [0.3, 0.4) is 0 Å². The second-order valence-corrected chi connectivity index (χ2v) is 5.39. The Morgan fingerprint density at radius 2 is 2.00 bits per heavy atom. The number of nitro benzene ring substituents is 1. The summed E-state index contributed by atoms with van der Waals surface area (Å²) >= 11 is 0. The zero-order valence-electron chi connectivity index (χ0n) is 11.9. The summed E-state index contributed by atoms with van der Waals surface area (Å²) in [5.74, 6) is 0.0343. The third-order valence-corrected chi connectivity index (χ3v) is 4.15. The zero-order chi connectivity index (χ0) is 14.7. The van der Waals surface area contributed by atoms with Gasteiger partial charge in [-0.15, -0.1) is 0 Å². The minimum Gasteiger partial charge on any atom is -0.293 e. The van der Waals surface area contributed by atoms with Gasteiger partial charge in [-0.2, -0.15) is 0 Å². The molecule has 0 radical (unpaired) electrons. The smallest absolute Gasteiger partial charge is 0.269 e. The molecule has 0 saturated carbocycles. The maximum atomic E-state index is 12.3. The number of benzene rings is 1. The average molecular weight is 276 g/mol. The summed E-state index contributed by atoms with van der Waals surface area (Å²) in [5, 5.41) is 10.6. The van der Waals surface area contributed by atoms with Crippen molar-refractivity contribution in [2.45, 2.75) is 45.2 Å². The molecule has 0 spiro atoms. The van der Waals surface area contributed by atoms with Crippen LogP contribution in [0.5, 0.6) is 0 Å². The van der Waals surface area contributed by atoms with Gasteiger partial charge in [0.1, 0.15) is 0 Å². The van der Waals surface area contributed by atoms with Gasteiger partial charge < -0.3 is 0 Å². The predicted molar refractivity (Wildman–Crippen MR) is 76.9 cm³/mol. The van der Waals surface area contributed by atoms with Crippen molar-refractivity contribution in [2.75, 3.05) is 6.54 Å². The molecule has 2 atom stereocenters. The molecule has 1 fully saturated rings. The van der Waals surface area contributed by atoms with E-state index in [4.69, 9.17) is 0 Å². The molecule has 1 heterocycles. The fourth-order valence-corrected chi connectivity index (χ4v) is 2.87. The van der Waals surface area contributed by atoms with Crippen molar-refractivity contribution < 1.29 is 9.72 Å². The van der Waals surface area contributed by atoms with E-state index in [0.29, 0.717) is 24.2 Å². The van der Waals surface area contributed by atoms with Gasteiger partial charge in [0.25, 0.3) is 5.69 Å². The van der Waals surface area contributed by atoms with Gasteiger partial charge in [0.05, 0.1) is 11.5 Å². The van der Waals surface area contributed by atoms with Crippen LogP contribution in [0, 0.1) is 10.1 Å². The number of carbonyl (C=O) groups is 1. The average Bonchev–Trinajstić information content (AvgIpc) is 2.79. The number of hydrogen-bond acceptors (Lipinski definition) is 4. The number of nitro groups is 1. The third-order valence-electron chi connectivity index (χ3n) is 4.15. The second-order valence-electron chi connectivity index (χ2n) is 5.39. The Hall–Kier alpha value is -1.75. The standard InChI is InChI=1S/C15H20N2O3/c1-3-13-7-4-11(2)16(13)10-15(18)12-5-8-14(9-6-12)17(19)20/h5-6,8-9,11,13H,3-4,7,10H2,1-2H3. The lowest BCUT2D eigenvalue weighted by Crippen LogP contribution is -2.38. The molecular formula is C15H20N2O3. The van der Waals surface area contributed by atoms with E-state index in [1.54, 1.807) is 12.1 Å². The van der Waals surface area contributed by atoms with Crippen molar-refractivity contribution in [2.24, 2.45) is 0 Å². The number of rotatable bonds is 5. The summed E-state index contributed by atoms with van der Waals surface area (Å²) < 4.78 is 0. The first-order chi connectivity index (χ1) is 9.52. The van der Waals surface area contributed by atoms with E-state index in [2.05, 4.69) is 18.7 Å². The van der Waals surface area contributed by atoms with Crippen molar-refractivity contribution in [1.82, 2.24) is 4.90 Å². The molecule has 0 bridgehead atoms. The Labute approximate surface area is 118 Å². The molecule has 5 nitrogen and oxygen atoms in total. The lowest BCUT2D eigenvalue weighted by molar-refractivity contribution is -0.384. The van der Waals surface area contributed by atoms with Gasteiger partial charge in [0.2, 0.25) is 0 Å². The Balaban J connectivity index is 2.06. The third kappa shape index (κ3) is 3.04. The molecule has 1 aromatic rings. The van der Waals surface area contributed by atoms with E-state index in [0.717, 1.165) is 19.3 Å². The first kappa shape index (κ1) is 14.7. The maximum absolute atomic E-state index is 12.3. The highest BCUT2D eigenvalue weighted by Gasteiger charge is 2.30. The Bertz CT molecular complexity index is 498. The summed E-state index contributed by atoms with van der Waals surface area (Å²) in [6.07, 6.45) is 3.33. The Morgan fingerprint density at radius 3 is 2.55 bits per heavy atom. The topological polar surface area (TPSA) is 63.5 Å². The van der Waals surface area contributed by atoms with Crippen LogP contribution >= 0.6 is 0 Å². The summed E-state index contributed by atoms with van der Waals surface area (Å²) in [6.45, 7) is 4.70. The molecule has 0 aromatic heterocycles. The van der Waals surface area contributed by atoms with Gasteiger partial charge in [-0.25, -0.2) is 0 Å². The summed E-state index contributed by atoms with van der Waals surface area (Å²) in [5.41, 5.74) is 0.562. The Morgan fingerprint density at radius 1 is 1.35 bits per heavy atom. The van der Waals surface area contributed by atoms with E-state index in [1.165, 1.54) is 12.1 Å². The maximum Gasteiger partial charge on any atom is 0.269 e. The van der Waals surface area contributed by atoms with Crippen LogP contribution in [0.1, 0.15) is 43.5 Å². The van der Waals surface area contributed by atoms with Gasteiger partial charge >= 0.3 is 0 Å². The number of hydrogen-bond donors (Lipinski definition) is 0. The number of Topliss-reactive ketones (excluding diaryl/α,β-unsaturated/α-hetero) is 1. The van der Waals surface area contributed by atoms with Crippen LogP contribution in [-0.2, 0) is 0 Å². The second kappa shape index (κ2) is 6.13. The molecule has 0 N–H and O–H groups in total. The fourth-order valence-electron chi connectivity index (χ4n) is 2.87. The van der Waals surface area contributed by atoms with Crippen molar-refractivity contribution in [3.05, 3.63) is 39.9 Å². The minimum atomic E-state index is -0.454. The Kier molecular flexibility index (Phi) is 4.49. The number of ketones is 1. The zero-order valence-corrected chi connectivity index (χ0v) is 11.9. The lowest BCUT2D eigenvalue weighted by atomic mass is 10.1. The minimum absolute atomic E-state index is 0.0162. The molecule has 1 aliphatic rings. The SMILES string of the molecule is CCC1CCC(C)N1CC(=O)c1ccc([N+](=O)[O-])cc1. The molecule has 0 amide bonds. The van der Waals surface area contributed by atoms with Crippen LogP contribution in [0.15, 0.2) is 24.3 Å². The van der Waals surface area contributed by atoms with Crippen molar-refractivity contribution >= 4 is 11.5 Å². The monoisotopic (exact) mass is 276 g/mol. The van der Waals surface area contributed by atoms with Gasteiger partial charge in [-0.05, 0) is 38.3 Å². The normalized spacial score (nSPS) is 22.9. The molecule has 2 rings (SSSR count). The highest BCUT2D eigenvalue weighted by atomic mass is 16.6. The number of non-ortho nitro benzene ring substituents is 1. The molecule has 0 aliphatic carbocycles. The van der Waals surface area contributed by atoms with Crippen LogP contribution in [0.2, 0.25) is 0 Å². The number of likely N-dealkylation sites (tertiary alicyclic amines) is 1. The first-order valence-electron chi connectivity index (χ1n) is 7.06.